The van der Waals surface area contributed by atoms with Crippen molar-refractivity contribution in [1.29, 1.82) is 0 Å². The third kappa shape index (κ3) is 3.91. The highest BCUT2D eigenvalue weighted by atomic mass is 19.1. The Kier molecular flexibility index (Phi) is 4.61. The van der Waals surface area contributed by atoms with Gasteiger partial charge in [0.25, 0.3) is 5.91 Å². The van der Waals surface area contributed by atoms with Crippen LogP contribution in [0, 0.1) is 26.6 Å². The lowest BCUT2D eigenvalue weighted by molar-refractivity contribution is 0.102. The van der Waals surface area contributed by atoms with Crippen LogP contribution in [-0.4, -0.2) is 10.9 Å². The summed E-state index contributed by atoms with van der Waals surface area (Å²) in [6.07, 6.45) is 1.53. The van der Waals surface area contributed by atoms with Crippen molar-refractivity contribution in [2.24, 2.45) is 0 Å². The number of carbonyl (C=O) groups is 1. The molecule has 0 bridgehead atoms. The van der Waals surface area contributed by atoms with Crippen LogP contribution >= 0.6 is 0 Å². The van der Waals surface area contributed by atoms with E-state index in [1.54, 1.807) is 25.1 Å². The number of aromatic nitrogens is 1. The molecule has 0 saturated carbocycles. The molecule has 4 heteroatoms. The average molecular weight is 334 g/mol. The Morgan fingerprint density at radius 1 is 0.960 bits per heavy atom. The maximum absolute atomic E-state index is 13.6. The van der Waals surface area contributed by atoms with E-state index in [-0.39, 0.29) is 11.7 Å². The number of halogens is 1. The molecule has 0 saturated heterocycles. The maximum Gasteiger partial charge on any atom is 0.257 e. The first-order chi connectivity index (χ1) is 11.9. The number of anilines is 1. The molecule has 3 aromatic rings. The topological polar surface area (TPSA) is 42.0 Å². The Morgan fingerprint density at radius 2 is 1.68 bits per heavy atom. The zero-order chi connectivity index (χ0) is 18.0. The van der Waals surface area contributed by atoms with Gasteiger partial charge in [-0.05, 0) is 62.7 Å². The minimum atomic E-state index is -0.346. The number of amides is 1. The summed E-state index contributed by atoms with van der Waals surface area (Å²) < 4.78 is 13.6. The van der Waals surface area contributed by atoms with E-state index in [1.165, 1.54) is 23.4 Å². The second kappa shape index (κ2) is 6.85. The molecule has 1 heterocycles. The Bertz CT molecular complexity index is 913. The summed E-state index contributed by atoms with van der Waals surface area (Å²) in [6.45, 7) is 5.76. The van der Waals surface area contributed by atoms with Crippen LogP contribution < -0.4 is 5.32 Å². The van der Waals surface area contributed by atoms with Crippen LogP contribution in [0.25, 0.3) is 11.3 Å². The summed E-state index contributed by atoms with van der Waals surface area (Å²) in [7, 11) is 0. The lowest BCUT2D eigenvalue weighted by atomic mass is 10.0. The minimum Gasteiger partial charge on any atom is -0.322 e. The Labute approximate surface area is 146 Å². The van der Waals surface area contributed by atoms with Crippen molar-refractivity contribution in [2.45, 2.75) is 20.8 Å². The van der Waals surface area contributed by atoms with Gasteiger partial charge in [0.2, 0.25) is 0 Å². The molecule has 126 valence electrons. The van der Waals surface area contributed by atoms with Crippen molar-refractivity contribution >= 4 is 11.6 Å². The van der Waals surface area contributed by atoms with Crippen LogP contribution in [0.15, 0.2) is 54.7 Å². The van der Waals surface area contributed by atoms with Gasteiger partial charge in [0.1, 0.15) is 5.82 Å². The molecule has 1 amide bonds. The molecule has 1 aromatic heterocycles. The molecule has 2 aromatic carbocycles. The zero-order valence-corrected chi connectivity index (χ0v) is 14.4. The van der Waals surface area contributed by atoms with Crippen LogP contribution in [-0.2, 0) is 0 Å². The van der Waals surface area contributed by atoms with Gasteiger partial charge in [-0.1, -0.05) is 23.3 Å². The normalized spacial score (nSPS) is 10.6. The van der Waals surface area contributed by atoms with E-state index in [2.05, 4.69) is 28.5 Å². The van der Waals surface area contributed by atoms with Crippen molar-refractivity contribution in [3.63, 3.8) is 0 Å². The van der Waals surface area contributed by atoms with Gasteiger partial charge in [-0.25, -0.2) is 4.39 Å². The number of nitrogens with zero attached hydrogens (tertiary/aromatic N) is 1. The lowest BCUT2D eigenvalue weighted by Gasteiger charge is -2.08. The molecule has 0 atom stereocenters. The molecular formula is C21H19FN2O. The van der Waals surface area contributed by atoms with Gasteiger partial charge in [0, 0.05) is 17.4 Å². The number of hydrogen-bond acceptors (Lipinski definition) is 2. The molecule has 0 spiro atoms. The average Bonchev–Trinajstić information content (AvgIpc) is 2.57. The molecular weight excluding hydrogens is 315 g/mol. The molecule has 0 fully saturated rings. The molecule has 25 heavy (non-hydrogen) atoms. The smallest absolute Gasteiger partial charge is 0.257 e. The van der Waals surface area contributed by atoms with Crippen LogP contribution in [0.5, 0.6) is 0 Å². The Balaban J connectivity index is 1.79. The number of rotatable bonds is 3. The van der Waals surface area contributed by atoms with Crippen LogP contribution in [0.1, 0.15) is 27.0 Å². The summed E-state index contributed by atoms with van der Waals surface area (Å²) in [5, 5.41) is 2.68. The molecule has 0 aliphatic heterocycles. The van der Waals surface area contributed by atoms with Gasteiger partial charge >= 0.3 is 0 Å². The molecule has 3 nitrogen and oxygen atoms in total. The van der Waals surface area contributed by atoms with Gasteiger partial charge in [0.15, 0.2) is 0 Å². The zero-order valence-electron chi connectivity index (χ0n) is 14.4. The fourth-order valence-corrected chi connectivity index (χ4v) is 2.70. The van der Waals surface area contributed by atoms with Gasteiger partial charge in [-0.15, -0.1) is 0 Å². The van der Waals surface area contributed by atoms with Gasteiger partial charge < -0.3 is 5.32 Å². The quantitative estimate of drug-likeness (QED) is 0.727. The van der Waals surface area contributed by atoms with Gasteiger partial charge in [-0.2, -0.15) is 0 Å². The SMILES string of the molecule is Cc1cc(C)cc(-c2ccc(C(=O)Nc3ccc(C)c(F)c3)cn2)c1. The Hall–Kier alpha value is -3.01. The summed E-state index contributed by atoms with van der Waals surface area (Å²) in [6, 6.07) is 14.4. The fourth-order valence-electron chi connectivity index (χ4n) is 2.70. The second-order valence-corrected chi connectivity index (χ2v) is 6.23. The molecule has 3 rings (SSSR count). The predicted octanol–water partition coefficient (Wildman–Crippen LogP) is 5.07. The van der Waals surface area contributed by atoms with Crippen molar-refractivity contribution in [2.75, 3.05) is 5.32 Å². The monoisotopic (exact) mass is 334 g/mol. The first-order valence-corrected chi connectivity index (χ1v) is 8.04. The minimum absolute atomic E-state index is 0.317. The van der Waals surface area contributed by atoms with Crippen molar-refractivity contribution < 1.29 is 9.18 Å². The highest BCUT2D eigenvalue weighted by Crippen LogP contribution is 2.21. The second-order valence-electron chi connectivity index (χ2n) is 6.23. The standard InChI is InChI=1S/C21H19FN2O/c1-13-8-14(2)10-17(9-13)20-7-5-16(12-23-20)21(25)24-18-6-4-15(3)19(22)11-18/h4-12H,1-3H3,(H,24,25). The van der Waals surface area contributed by atoms with Crippen LogP contribution in [0.2, 0.25) is 0 Å². The van der Waals surface area contributed by atoms with E-state index < -0.39 is 0 Å². The number of nitrogens with one attached hydrogen (secondary N) is 1. The van der Waals surface area contributed by atoms with Crippen molar-refractivity contribution in [3.8, 4) is 11.3 Å². The summed E-state index contributed by atoms with van der Waals surface area (Å²) in [5.41, 5.74) is 5.55. The third-order valence-electron chi connectivity index (χ3n) is 3.97. The van der Waals surface area contributed by atoms with Gasteiger partial charge in [0.05, 0.1) is 11.3 Å². The summed E-state index contributed by atoms with van der Waals surface area (Å²) in [4.78, 5) is 16.7. The largest absolute Gasteiger partial charge is 0.322 e. The van der Waals surface area contributed by atoms with E-state index >= 15 is 0 Å². The molecule has 0 unspecified atom stereocenters. The van der Waals surface area contributed by atoms with Crippen molar-refractivity contribution in [3.05, 3.63) is 82.8 Å². The van der Waals surface area contributed by atoms with Crippen LogP contribution in [0.4, 0.5) is 10.1 Å². The Morgan fingerprint density at radius 3 is 2.28 bits per heavy atom. The first kappa shape index (κ1) is 16.8. The third-order valence-corrected chi connectivity index (χ3v) is 3.97. The van der Waals surface area contributed by atoms with E-state index in [0.29, 0.717) is 16.8 Å². The molecule has 1 N–H and O–H groups in total. The fraction of sp³-hybridized carbons (Fsp3) is 0.143. The van der Waals surface area contributed by atoms with E-state index in [1.807, 2.05) is 19.9 Å². The number of aryl methyl sites for hydroxylation is 3. The first-order valence-electron chi connectivity index (χ1n) is 8.04. The van der Waals surface area contributed by atoms with E-state index in [9.17, 15) is 9.18 Å². The van der Waals surface area contributed by atoms with E-state index in [4.69, 9.17) is 0 Å². The molecule has 0 aliphatic carbocycles. The number of benzene rings is 2. The molecule has 0 aliphatic rings. The predicted molar refractivity (Wildman–Crippen MR) is 98.2 cm³/mol. The number of carbonyl (C=O) groups excluding carboxylic acids is 1. The summed E-state index contributed by atoms with van der Waals surface area (Å²) >= 11 is 0. The van der Waals surface area contributed by atoms with Crippen LogP contribution in [0.3, 0.4) is 0 Å². The number of hydrogen-bond donors (Lipinski definition) is 1. The number of pyridine rings is 1. The summed E-state index contributed by atoms with van der Waals surface area (Å²) in [5.74, 6) is -0.663. The van der Waals surface area contributed by atoms with Gasteiger partial charge in [-0.3, -0.25) is 9.78 Å². The maximum atomic E-state index is 13.6. The highest BCUT2D eigenvalue weighted by Gasteiger charge is 2.09. The van der Waals surface area contributed by atoms with Crippen molar-refractivity contribution in [1.82, 2.24) is 4.98 Å². The lowest BCUT2D eigenvalue weighted by Crippen LogP contribution is -2.12. The van der Waals surface area contributed by atoms with E-state index in [0.717, 1.165) is 11.3 Å². The highest BCUT2D eigenvalue weighted by molar-refractivity contribution is 6.04. The molecule has 0 radical (unpaired) electrons.